The van der Waals surface area contributed by atoms with E-state index < -0.39 is 0 Å². The van der Waals surface area contributed by atoms with Gasteiger partial charge in [-0.1, -0.05) is 0 Å². The van der Waals surface area contributed by atoms with Crippen molar-refractivity contribution < 1.29 is 9.84 Å². The number of hydrogen-bond acceptors (Lipinski definition) is 5. The molecule has 0 bridgehead atoms. The summed E-state index contributed by atoms with van der Waals surface area (Å²) in [7, 11) is 0. The van der Waals surface area contributed by atoms with Crippen molar-refractivity contribution in [2.75, 3.05) is 31.6 Å². The van der Waals surface area contributed by atoms with E-state index in [1.54, 1.807) is 0 Å². The number of nitrogens with one attached hydrogen (secondary N) is 1. The van der Waals surface area contributed by atoms with E-state index in [4.69, 9.17) is 15.7 Å². The van der Waals surface area contributed by atoms with E-state index in [2.05, 4.69) is 17.4 Å². The Morgan fingerprint density at radius 2 is 2.06 bits per heavy atom. The summed E-state index contributed by atoms with van der Waals surface area (Å²) in [6.07, 6.45) is 1.78. The second-order valence-electron chi connectivity index (χ2n) is 4.96. The van der Waals surface area contributed by atoms with Gasteiger partial charge in [0, 0.05) is 13.1 Å². The molecule has 0 saturated heterocycles. The van der Waals surface area contributed by atoms with Gasteiger partial charge in [-0.15, -0.1) is 0 Å². The second-order valence-corrected chi connectivity index (χ2v) is 4.96. The maximum atomic E-state index is 9.15. The number of anilines is 1. The maximum absolute atomic E-state index is 9.15. The molecular weight excluding hydrogens is 230 g/mol. The van der Waals surface area contributed by atoms with E-state index in [1.165, 1.54) is 11.1 Å². The normalized spacial score (nSPS) is 23.3. The third-order valence-corrected chi connectivity index (χ3v) is 3.66. The van der Waals surface area contributed by atoms with E-state index >= 15 is 0 Å². The van der Waals surface area contributed by atoms with Gasteiger partial charge in [0.05, 0.1) is 18.8 Å². The molecule has 1 aromatic carbocycles. The fraction of sp³-hybridized carbons (Fsp3) is 0.538. The van der Waals surface area contributed by atoms with Crippen LogP contribution in [0.15, 0.2) is 12.1 Å². The standard InChI is InChI=1S/C13H19N3O2/c14-16-3-1-9-5-12-13(6-10(9)2-4-16)18-11(8-17)7-15-12/h5-6,11,15,17H,1-4,7-8,14H2/t11-/m1/s1. The summed E-state index contributed by atoms with van der Waals surface area (Å²) in [5.41, 5.74) is 3.69. The molecule has 0 aromatic heterocycles. The number of aliphatic hydroxyl groups is 1. The number of benzene rings is 1. The number of nitrogens with zero attached hydrogens (tertiary/aromatic N) is 1. The number of nitrogens with two attached hydrogens (primary N) is 1. The molecule has 0 radical (unpaired) electrons. The summed E-state index contributed by atoms with van der Waals surface area (Å²) in [6.45, 7) is 2.47. The fourth-order valence-electron chi connectivity index (χ4n) is 2.55. The van der Waals surface area contributed by atoms with Crippen LogP contribution in [0.2, 0.25) is 0 Å². The van der Waals surface area contributed by atoms with Crippen LogP contribution in [-0.2, 0) is 12.8 Å². The topological polar surface area (TPSA) is 70.8 Å². The molecule has 2 aliphatic rings. The zero-order valence-electron chi connectivity index (χ0n) is 10.4. The van der Waals surface area contributed by atoms with E-state index in [-0.39, 0.29) is 12.7 Å². The van der Waals surface area contributed by atoms with E-state index in [9.17, 15) is 0 Å². The summed E-state index contributed by atoms with van der Waals surface area (Å²) in [5.74, 6) is 6.72. The van der Waals surface area contributed by atoms with Crippen molar-refractivity contribution >= 4 is 5.69 Å². The summed E-state index contributed by atoms with van der Waals surface area (Å²) < 4.78 is 5.76. The van der Waals surface area contributed by atoms with Crippen molar-refractivity contribution in [2.45, 2.75) is 18.9 Å². The highest BCUT2D eigenvalue weighted by molar-refractivity contribution is 5.62. The van der Waals surface area contributed by atoms with Gasteiger partial charge in [0.25, 0.3) is 0 Å². The summed E-state index contributed by atoms with van der Waals surface area (Å²) in [5, 5.41) is 14.3. The molecule has 1 atom stereocenters. The largest absolute Gasteiger partial charge is 0.484 e. The maximum Gasteiger partial charge on any atom is 0.143 e. The van der Waals surface area contributed by atoms with E-state index in [0.717, 1.165) is 37.4 Å². The summed E-state index contributed by atoms with van der Waals surface area (Å²) >= 11 is 0. The average Bonchev–Trinajstić information content (AvgIpc) is 2.58. The first kappa shape index (κ1) is 11.8. The molecule has 5 nitrogen and oxygen atoms in total. The van der Waals surface area contributed by atoms with Gasteiger partial charge in [-0.2, -0.15) is 0 Å². The van der Waals surface area contributed by atoms with Crippen molar-refractivity contribution in [3.05, 3.63) is 23.3 Å². The average molecular weight is 249 g/mol. The van der Waals surface area contributed by atoms with Crippen molar-refractivity contribution in [3.63, 3.8) is 0 Å². The molecule has 5 heteroatoms. The zero-order chi connectivity index (χ0) is 12.5. The molecule has 0 unspecified atom stereocenters. The minimum atomic E-state index is -0.146. The summed E-state index contributed by atoms with van der Waals surface area (Å²) in [4.78, 5) is 0. The molecule has 0 saturated carbocycles. The predicted octanol–water partition coefficient (Wildman–Crippen LogP) is 0.126. The van der Waals surface area contributed by atoms with Gasteiger partial charge in [0.2, 0.25) is 0 Å². The lowest BCUT2D eigenvalue weighted by atomic mass is 10.0. The molecule has 18 heavy (non-hydrogen) atoms. The van der Waals surface area contributed by atoms with Gasteiger partial charge in [-0.05, 0) is 36.1 Å². The van der Waals surface area contributed by atoms with E-state index in [0.29, 0.717) is 6.54 Å². The number of aliphatic hydroxyl groups excluding tert-OH is 1. The van der Waals surface area contributed by atoms with Crippen LogP contribution < -0.4 is 15.9 Å². The number of rotatable bonds is 1. The number of ether oxygens (including phenoxy) is 1. The Kier molecular flexibility index (Phi) is 3.11. The Morgan fingerprint density at radius 3 is 2.78 bits per heavy atom. The molecule has 4 N–H and O–H groups in total. The molecule has 1 aromatic rings. The lowest BCUT2D eigenvalue weighted by Crippen LogP contribution is -2.33. The van der Waals surface area contributed by atoms with Crippen molar-refractivity contribution in [1.29, 1.82) is 0 Å². The molecule has 0 fully saturated rings. The van der Waals surface area contributed by atoms with Crippen LogP contribution in [0.4, 0.5) is 5.69 Å². The Labute approximate surface area is 107 Å². The Balaban J connectivity index is 1.91. The van der Waals surface area contributed by atoms with Crippen LogP contribution in [0.5, 0.6) is 5.75 Å². The van der Waals surface area contributed by atoms with Gasteiger partial charge in [0.1, 0.15) is 11.9 Å². The monoisotopic (exact) mass is 249 g/mol. The van der Waals surface area contributed by atoms with Gasteiger partial charge >= 0.3 is 0 Å². The Morgan fingerprint density at radius 1 is 1.33 bits per heavy atom. The highest BCUT2D eigenvalue weighted by Crippen LogP contribution is 2.33. The first-order chi connectivity index (χ1) is 8.76. The minimum Gasteiger partial charge on any atom is -0.484 e. The lowest BCUT2D eigenvalue weighted by molar-refractivity contribution is 0.120. The first-order valence-electron chi connectivity index (χ1n) is 6.43. The van der Waals surface area contributed by atoms with Crippen LogP contribution >= 0.6 is 0 Å². The van der Waals surface area contributed by atoms with Crippen LogP contribution in [-0.4, -0.2) is 42.5 Å². The number of fused-ring (bicyclic) bond motifs is 2. The molecule has 0 aliphatic carbocycles. The SMILES string of the molecule is NN1CCc2cc3c(cc2CC1)O[C@@H](CO)CN3. The highest BCUT2D eigenvalue weighted by atomic mass is 16.5. The van der Waals surface area contributed by atoms with Gasteiger partial charge in [-0.3, -0.25) is 5.84 Å². The fourth-order valence-corrected chi connectivity index (χ4v) is 2.55. The van der Waals surface area contributed by atoms with Crippen LogP contribution in [0.1, 0.15) is 11.1 Å². The third kappa shape index (κ3) is 2.16. The molecule has 0 spiro atoms. The smallest absolute Gasteiger partial charge is 0.143 e. The van der Waals surface area contributed by atoms with Crippen LogP contribution in [0, 0.1) is 0 Å². The Hall–Kier alpha value is -1.30. The molecule has 98 valence electrons. The molecular formula is C13H19N3O2. The third-order valence-electron chi connectivity index (χ3n) is 3.66. The minimum absolute atomic E-state index is 0.0418. The van der Waals surface area contributed by atoms with Gasteiger partial charge in [0.15, 0.2) is 0 Å². The predicted molar refractivity (Wildman–Crippen MR) is 69.6 cm³/mol. The summed E-state index contributed by atoms with van der Waals surface area (Å²) in [6, 6.07) is 4.26. The number of hydrazine groups is 1. The quantitative estimate of drug-likeness (QED) is 0.617. The molecule has 2 aliphatic heterocycles. The highest BCUT2D eigenvalue weighted by Gasteiger charge is 2.21. The van der Waals surface area contributed by atoms with Crippen molar-refractivity contribution in [3.8, 4) is 5.75 Å². The van der Waals surface area contributed by atoms with Crippen molar-refractivity contribution in [2.24, 2.45) is 5.84 Å². The van der Waals surface area contributed by atoms with Crippen molar-refractivity contribution in [1.82, 2.24) is 5.01 Å². The van der Waals surface area contributed by atoms with Gasteiger partial charge < -0.3 is 15.2 Å². The second kappa shape index (κ2) is 4.76. The molecule has 2 heterocycles. The zero-order valence-corrected chi connectivity index (χ0v) is 10.4. The van der Waals surface area contributed by atoms with Gasteiger partial charge in [-0.25, -0.2) is 5.01 Å². The first-order valence-corrected chi connectivity index (χ1v) is 6.43. The molecule has 3 rings (SSSR count). The number of hydrogen-bond donors (Lipinski definition) is 3. The molecule has 0 amide bonds. The lowest BCUT2D eigenvalue weighted by Gasteiger charge is -2.27. The van der Waals surface area contributed by atoms with Crippen LogP contribution in [0.25, 0.3) is 0 Å². The van der Waals surface area contributed by atoms with Crippen LogP contribution in [0.3, 0.4) is 0 Å². The van der Waals surface area contributed by atoms with E-state index in [1.807, 2.05) is 5.01 Å². The Bertz CT molecular complexity index is 449.